The Morgan fingerprint density at radius 3 is 2.80 bits per heavy atom. The lowest BCUT2D eigenvalue weighted by molar-refractivity contribution is -0.130. The molecule has 2 unspecified atom stereocenters. The Morgan fingerprint density at radius 1 is 1.16 bits per heavy atom. The Kier molecular flexibility index (Phi) is 4.24. The third-order valence-electron chi connectivity index (χ3n) is 5.13. The average molecular weight is 335 g/mol. The van der Waals surface area contributed by atoms with Gasteiger partial charge in [-0.2, -0.15) is 10.4 Å². The number of amides is 1. The Morgan fingerprint density at radius 2 is 2.00 bits per heavy atom. The highest BCUT2D eigenvalue weighted by atomic mass is 16.2. The van der Waals surface area contributed by atoms with Gasteiger partial charge in [0.25, 0.3) is 0 Å². The summed E-state index contributed by atoms with van der Waals surface area (Å²) in [5.74, 6) is 0.168. The van der Waals surface area contributed by atoms with Crippen LogP contribution in [0.3, 0.4) is 0 Å². The fourth-order valence-corrected chi connectivity index (χ4v) is 3.79. The molecule has 0 radical (unpaired) electrons. The van der Waals surface area contributed by atoms with Crippen LogP contribution in [-0.4, -0.2) is 33.2 Å². The molecule has 1 amide bonds. The zero-order valence-corrected chi connectivity index (χ0v) is 14.1. The van der Waals surface area contributed by atoms with Crippen molar-refractivity contribution < 1.29 is 4.79 Å². The van der Waals surface area contributed by atoms with Gasteiger partial charge in [0.15, 0.2) is 0 Å². The molecule has 0 spiro atoms. The van der Waals surface area contributed by atoms with Gasteiger partial charge < -0.3 is 4.90 Å². The third kappa shape index (κ3) is 3.15. The van der Waals surface area contributed by atoms with Crippen LogP contribution in [0.4, 0.5) is 0 Å². The van der Waals surface area contributed by atoms with Crippen LogP contribution in [0.15, 0.2) is 36.5 Å². The lowest BCUT2D eigenvalue weighted by atomic mass is 10.0. The van der Waals surface area contributed by atoms with E-state index in [4.69, 9.17) is 5.26 Å². The number of aromatic nitrogens is 2. The summed E-state index contributed by atoms with van der Waals surface area (Å²) in [5.41, 5.74) is 2.89. The molecule has 1 N–H and O–H groups in total. The molecule has 6 heteroatoms. The van der Waals surface area contributed by atoms with Gasteiger partial charge in [0.1, 0.15) is 0 Å². The Balaban J connectivity index is 1.39. The van der Waals surface area contributed by atoms with Gasteiger partial charge in [-0.25, -0.2) is 0 Å². The van der Waals surface area contributed by atoms with Crippen molar-refractivity contribution in [3.8, 4) is 6.07 Å². The summed E-state index contributed by atoms with van der Waals surface area (Å²) in [6.45, 7) is 2.33. The van der Waals surface area contributed by atoms with Crippen molar-refractivity contribution in [2.24, 2.45) is 0 Å². The number of nitrogens with one attached hydrogen (secondary N) is 1. The van der Waals surface area contributed by atoms with E-state index in [-0.39, 0.29) is 18.0 Å². The fraction of sp³-hybridized carbons (Fsp3) is 0.421. The molecule has 2 atom stereocenters. The van der Waals surface area contributed by atoms with Gasteiger partial charge >= 0.3 is 0 Å². The number of carbonyl (C=O) groups is 1. The van der Waals surface area contributed by atoms with Crippen LogP contribution in [0.2, 0.25) is 0 Å². The summed E-state index contributed by atoms with van der Waals surface area (Å²) in [6.07, 6.45) is 4.80. The Hall–Kier alpha value is -2.65. The van der Waals surface area contributed by atoms with Crippen LogP contribution < -0.4 is 5.32 Å². The molecular formula is C19H21N5O. The number of likely N-dealkylation sites (tertiary alicyclic amines) is 1. The first-order valence-electron chi connectivity index (χ1n) is 8.80. The second-order valence-electron chi connectivity index (χ2n) is 6.75. The first kappa shape index (κ1) is 15.9. The second kappa shape index (κ2) is 6.69. The van der Waals surface area contributed by atoms with Crippen LogP contribution in [0.1, 0.15) is 42.1 Å². The van der Waals surface area contributed by atoms with E-state index in [1.165, 1.54) is 5.69 Å². The average Bonchev–Trinajstić information content (AvgIpc) is 3.25. The molecule has 6 nitrogen and oxygen atoms in total. The largest absolute Gasteiger partial charge is 0.337 e. The number of nitrogens with zero attached hydrogens (tertiary/aromatic N) is 4. The first-order chi connectivity index (χ1) is 12.2. The quantitative estimate of drug-likeness (QED) is 0.927. The predicted octanol–water partition coefficient (Wildman–Crippen LogP) is 1.98. The maximum Gasteiger partial charge on any atom is 0.240 e. The number of aryl methyl sites for hydroxylation is 1. The highest BCUT2D eigenvalue weighted by Gasteiger charge is 2.34. The topological polar surface area (TPSA) is 74.0 Å². The summed E-state index contributed by atoms with van der Waals surface area (Å²) in [5, 5.41) is 16.8. The minimum Gasteiger partial charge on any atom is -0.337 e. The number of hydrogen-bond acceptors (Lipinski definition) is 4. The highest BCUT2D eigenvalue weighted by molar-refractivity contribution is 5.84. The number of benzene rings is 1. The molecule has 0 aliphatic carbocycles. The molecule has 2 aromatic rings. The molecule has 1 saturated heterocycles. The molecule has 2 aliphatic heterocycles. The fourth-order valence-electron chi connectivity index (χ4n) is 3.79. The normalized spacial score (nSPS) is 22.7. The van der Waals surface area contributed by atoms with Gasteiger partial charge in [-0.3, -0.25) is 14.8 Å². The Labute approximate surface area is 147 Å². The molecule has 1 fully saturated rings. The monoisotopic (exact) mass is 335 g/mol. The number of hydrogen-bond donors (Lipinski definition) is 1. The van der Waals surface area contributed by atoms with Gasteiger partial charge in [-0.05, 0) is 43.0 Å². The molecule has 4 rings (SSSR count). The van der Waals surface area contributed by atoms with E-state index in [1.54, 1.807) is 12.1 Å². The molecule has 1 aromatic heterocycles. The van der Waals surface area contributed by atoms with Crippen molar-refractivity contribution in [3.05, 3.63) is 53.3 Å². The number of rotatable bonds is 4. The van der Waals surface area contributed by atoms with Gasteiger partial charge in [-0.15, -0.1) is 0 Å². The highest BCUT2D eigenvalue weighted by Crippen LogP contribution is 2.26. The molecule has 1 aromatic carbocycles. The van der Waals surface area contributed by atoms with Crippen molar-refractivity contribution >= 4 is 5.91 Å². The molecule has 0 bridgehead atoms. The molecule has 0 saturated carbocycles. The lowest BCUT2D eigenvalue weighted by Gasteiger charge is -2.27. The summed E-state index contributed by atoms with van der Waals surface area (Å²) in [4.78, 5) is 14.6. The van der Waals surface area contributed by atoms with Crippen LogP contribution in [-0.2, 0) is 17.9 Å². The van der Waals surface area contributed by atoms with Crippen molar-refractivity contribution in [2.75, 3.05) is 6.54 Å². The van der Waals surface area contributed by atoms with E-state index < -0.39 is 0 Å². The first-order valence-corrected chi connectivity index (χ1v) is 8.80. The Bertz CT molecular complexity index is 804. The molecule has 25 heavy (non-hydrogen) atoms. The maximum absolute atomic E-state index is 12.7. The molecule has 128 valence electrons. The summed E-state index contributed by atoms with van der Waals surface area (Å²) in [7, 11) is 0. The summed E-state index contributed by atoms with van der Waals surface area (Å²) >= 11 is 0. The van der Waals surface area contributed by atoms with E-state index in [0.29, 0.717) is 12.1 Å². The van der Waals surface area contributed by atoms with E-state index in [9.17, 15) is 4.79 Å². The van der Waals surface area contributed by atoms with Crippen molar-refractivity contribution in [1.29, 1.82) is 5.26 Å². The summed E-state index contributed by atoms with van der Waals surface area (Å²) < 4.78 is 2.04. The van der Waals surface area contributed by atoms with Crippen LogP contribution in [0, 0.1) is 11.3 Å². The van der Waals surface area contributed by atoms with Gasteiger partial charge in [0.05, 0.1) is 23.4 Å². The number of fused-ring (bicyclic) bond motifs is 1. The van der Waals surface area contributed by atoms with E-state index in [2.05, 4.69) is 16.5 Å². The molecule has 3 heterocycles. The minimum atomic E-state index is -0.121. The SMILES string of the molecule is N#Cc1ccc(CN2CCC(NC3CCCn4nccc43)C2=O)cc1. The van der Waals surface area contributed by atoms with Crippen LogP contribution in [0.5, 0.6) is 0 Å². The van der Waals surface area contributed by atoms with E-state index in [1.807, 2.05) is 34.0 Å². The zero-order valence-electron chi connectivity index (χ0n) is 14.1. The lowest BCUT2D eigenvalue weighted by Crippen LogP contribution is -2.41. The van der Waals surface area contributed by atoms with Crippen LogP contribution in [0.25, 0.3) is 0 Å². The van der Waals surface area contributed by atoms with Crippen molar-refractivity contribution in [3.63, 3.8) is 0 Å². The third-order valence-corrected chi connectivity index (χ3v) is 5.13. The number of carbonyl (C=O) groups excluding carboxylic acids is 1. The molecular weight excluding hydrogens is 314 g/mol. The predicted molar refractivity (Wildman–Crippen MR) is 92.3 cm³/mol. The maximum atomic E-state index is 12.7. The molecule has 2 aliphatic rings. The van der Waals surface area contributed by atoms with Crippen molar-refractivity contribution in [1.82, 2.24) is 20.0 Å². The number of nitriles is 1. The second-order valence-corrected chi connectivity index (χ2v) is 6.75. The van der Waals surface area contributed by atoms with Gasteiger partial charge in [0, 0.05) is 31.9 Å². The van der Waals surface area contributed by atoms with E-state index >= 15 is 0 Å². The minimum absolute atomic E-state index is 0.121. The van der Waals surface area contributed by atoms with Gasteiger partial charge in [0.2, 0.25) is 5.91 Å². The standard InChI is InChI=1S/C19H21N5O/c20-12-14-3-5-15(6-4-14)13-23-11-8-17(19(23)25)22-16-2-1-10-24-18(16)7-9-21-24/h3-7,9,16-17,22H,1-2,8,10-11,13H2. The van der Waals surface area contributed by atoms with Crippen molar-refractivity contribution in [2.45, 2.75) is 44.4 Å². The zero-order chi connectivity index (χ0) is 17.2. The van der Waals surface area contributed by atoms with Crippen LogP contribution >= 0.6 is 0 Å². The smallest absolute Gasteiger partial charge is 0.240 e. The van der Waals surface area contributed by atoms with E-state index in [0.717, 1.165) is 37.9 Å². The van der Waals surface area contributed by atoms with Gasteiger partial charge in [-0.1, -0.05) is 12.1 Å². The summed E-state index contributed by atoms with van der Waals surface area (Å²) in [6, 6.07) is 11.7.